The van der Waals surface area contributed by atoms with Crippen LogP contribution in [0.5, 0.6) is 0 Å². The lowest BCUT2D eigenvalue weighted by atomic mass is 10.3. The lowest BCUT2D eigenvalue weighted by Gasteiger charge is -2.09. The standard InChI is InChI=1S/C10H22N2O2/c1-3-4-7-14-8-5-6-12-9(2)10(11)13/h9,12H,3-8H2,1-2H3,(H2,11,13). The van der Waals surface area contributed by atoms with E-state index in [1.807, 2.05) is 0 Å². The zero-order valence-corrected chi connectivity index (χ0v) is 9.21. The third-order valence-electron chi connectivity index (χ3n) is 1.98. The van der Waals surface area contributed by atoms with Crippen LogP contribution in [0.15, 0.2) is 0 Å². The van der Waals surface area contributed by atoms with Crippen molar-refractivity contribution in [2.45, 2.75) is 39.2 Å². The van der Waals surface area contributed by atoms with Gasteiger partial charge in [-0.1, -0.05) is 13.3 Å². The fourth-order valence-corrected chi connectivity index (χ4v) is 0.942. The number of primary amides is 1. The Balaban J connectivity index is 3.09. The Bertz CT molecular complexity index is 151. The summed E-state index contributed by atoms with van der Waals surface area (Å²) < 4.78 is 5.36. The summed E-state index contributed by atoms with van der Waals surface area (Å²) in [6.45, 7) is 6.26. The quantitative estimate of drug-likeness (QED) is 0.540. The molecule has 0 aromatic rings. The second kappa shape index (κ2) is 8.97. The summed E-state index contributed by atoms with van der Waals surface area (Å²) >= 11 is 0. The van der Waals surface area contributed by atoms with Gasteiger partial charge < -0.3 is 15.8 Å². The van der Waals surface area contributed by atoms with Gasteiger partial charge in [0.2, 0.25) is 5.91 Å². The third-order valence-corrected chi connectivity index (χ3v) is 1.98. The van der Waals surface area contributed by atoms with Crippen molar-refractivity contribution >= 4 is 5.91 Å². The highest BCUT2D eigenvalue weighted by atomic mass is 16.5. The maximum atomic E-state index is 10.6. The molecule has 0 aromatic heterocycles. The van der Waals surface area contributed by atoms with E-state index in [1.54, 1.807) is 6.92 Å². The number of carbonyl (C=O) groups excluding carboxylic acids is 1. The zero-order valence-electron chi connectivity index (χ0n) is 9.21. The minimum Gasteiger partial charge on any atom is -0.381 e. The Morgan fingerprint density at radius 2 is 2.07 bits per heavy atom. The van der Waals surface area contributed by atoms with Crippen molar-refractivity contribution in [3.8, 4) is 0 Å². The Morgan fingerprint density at radius 1 is 1.43 bits per heavy atom. The zero-order chi connectivity index (χ0) is 10.8. The van der Waals surface area contributed by atoms with E-state index in [-0.39, 0.29) is 11.9 Å². The SMILES string of the molecule is CCCCOCCCNC(C)C(N)=O. The highest BCUT2D eigenvalue weighted by Gasteiger charge is 2.05. The van der Waals surface area contributed by atoms with E-state index >= 15 is 0 Å². The molecule has 1 atom stereocenters. The first kappa shape index (κ1) is 13.4. The van der Waals surface area contributed by atoms with E-state index in [2.05, 4.69) is 12.2 Å². The number of nitrogens with one attached hydrogen (secondary N) is 1. The number of hydrogen-bond donors (Lipinski definition) is 2. The molecule has 0 saturated carbocycles. The molecule has 84 valence electrons. The first-order chi connectivity index (χ1) is 6.68. The molecule has 0 radical (unpaired) electrons. The van der Waals surface area contributed by atoms with Crippen LogP contribution >= 0.6 is 0 Å². The van der Waals surface area contributed by atoms with Crippen molar-refractivity contribution in [3.63, 3.8) is 0 Å². The van der Waals surface area contributed by atoms with Crippen LogP contribution in [0.2, 0.25) is 0 Å². The molecule has 1 unspecified atom stereocenters. The number of rotatable bonds is 9. The Morgan fingerprint density at radius 3 is 2.64 bits per heavy atom. The topological polar surface area (TPSA) is 64.3 Å². The molecule has 0 bridgehead atoms. The van der Waals surface area contributed by atoms with E-state index < -0.39 is 0 Å². The Labute approximate surface area is 86.2 Å². The lowest BCUT2D eigenvalue weighted by molar-refractivity contribution is -0.119. The second-order valence-electron chi connectivity index (χ2n) is 3.40. The number of unbranched alkanes of at least 4 members (excludes halogenated alkanes) is 1. The monoisotopic (exact) mass is 202 g/mol. The molecule has 14 heavy (non-hydrogen) atoms. The first-order valence-corrected chi connectivity index (χ1v) is 5.29. The average molecular weight is 202 g/mol. The fourth-order valence-electron chi connectivity index (χ4n) is 0.942. The number of amides is 1. The van der Waals surface area contributed by atoms with Crippen LogP contribution in [0.3, 0.4) is 0 Å². The number of nitrogens with two attached hydrogens (primary N) is 1. The summed E-state index contributed by atoms with van der Waals surface area (Å²) in [7, 11) is 0. The molecule has 0 aliphatic rings. The van der Waals surface area contributed by atoms with Crippen molar-refractivity contribution in [1.82, 2.24) is 5.32 Å². The van der Waals surface area contributed by atoms with Gasteiger partial charge in [0.1, 0.15) is 0 Å². The normalized spacial score (nSPS) is 12.7. The highest BCUT2D eigenvalue weighted by molar-refractivity contribution is 5.79. The molecular weight excluding hydrogens is 180 g/mol. The smallest absolute Gasteiger partial charge is 0.234 e. The van der Waals surface area contributed by atoms with Crippen LogP contribution in [-0.4, -0.2) is 31.7 Å². The number of carbonyl (C=O) groups is 1. The molecule has 0 aliphatic heterocycles. The van der Waals surface area contributed by atoms with Crippen molar-refractivity contribution in [2.24, 2.45) is 5.73 Å². The van der Waals surface area contributed by atoms with Crippen molar-refractivity contribution < 1.29 is 9.53 Å². The van der Waals surface area contributed by atoms with Crippen LogP contribution < -0.4 is 11.1 Å². The molecule has 0 aliphatic carbocycles. The van der Waals surface area contributed by atoms with Gasteiger partial charge in [-0.15, -0.1) is 0 Å². The Hall–Kier alpha value is -0.610. The van der Waals surface area contributed by atoms with E-state index in [9.17, 15) is 4.79 Å². The van der Waals surface area contributed by atoms with E-state index in [4.69, 9.17) is 10.5 Å². The molecule has 0 fully saturated rings. The van der Waals surface area contributed by atoms with Gasteiger partial charge in [-0.2, -0.15) is 0 Å². The van der Waals surface area contributed by atoms with Gasteiger partial charge >= 0.3 is 0 Å². The summed E-state index contributed by atoms with van der Waals surface area (Å²) in [6, 6.07) is -0.245. The predicted octanol–water partition coefficient (Wildman–Crippen LogP) is 0.657. The molecule has 3 N–H and O–H groups in total. The van der Waals surface area contributed by atoms with Gasteiger partial charge in [-0.05, 0) is 26.3 Å². The van der Waals surface area contributed by atoms with Crippen molar-refractivity contribution in [3.05, 3.63) is 0 Å². The van der Waals surface area contributed by atoms with Gasteiger partial charge in [0.15, 0.2) is 0 Å². The fraction of sp³-hybridized carbons (Fsp3) is 0.900. The molecule has 0 aromatic carbocycles. The average Bonchev–Trinajstić information content (AvgIpc) is 2.16. The Kier molecular flexibility index (Phi) is 8.57. The molecule has 0 heterocycles. The molecule has 4 nitrogen and oxygen atoms in total. The summed E-state index contributed by atoms with van der Waals surface area (Å²) in [6.07, 6.45) is 3.20. The predicted molar refractivity (Wildman–Crippen MR) is 57.0 cm³/mol. The summed E-state index contributed by atoms with van der Waals surface area (Å²) in [5, 5.41) is 3.02. The molecular formula is C10H22N2O2. The minimum atomic E-state index is -0.308. The lowest BCUT2D eigenvalue weighted by Crippen LogP contribution is -2.39. The van der Waals surface area contributed by atoms with Gasteiger partial charge in [-0.3, -0.25) is 4.79 Å². The highest BCUT2D eigenvalue weighted by Crippen LogP contribution is 1.89. The van der Waals surface area contributed by atoms with Crippen molar-refractivity contribution in [1.29, 1.82) is 0 Å². The third kappa shape index (κ3) is 8.01. The number of ether oxygens (including phenoxy) is 1. The largest absolute Gasteiger partial charge is 0.381 e. The molecule has 0 rings (SSSR count). The summed E-state index contributed by atoms with van der Waals surface area (Å²) in [5.74, 6) is -0.308. The number of hydrogen-bond acceptors (Lipinski definition) is 3. The van der Waals surface area contributed by atoms with Gasteiger partial charge in [0, 0.05) is 13.2 Å². The van der Waals surface area contributed by atoms with Crippen LogP contribution in [0.25, 0.3) is 0 Å². The summed E-state index contributed by atoms with van der Waals surface area (Å²) in [5.41, 5.74) is 5.08. The first-order valence-electron chi connectivity index (χ1n) is 5.29. The molecule has 0 saturated heterocycles. The van der Waals surface area contributed by atoms with E-state index in [0.29, 0.717) is 0 Å². The van der Waals surface area contributed by atoms with Crippen molar-refractivity contribution in [2.75, 3.05) is 19.8 Å². The van der Waals surface area contributed by atoms with E-state index in [0.717, 1.165) is 39.0 Å². The van der Waals surface area contributed by atoms with Crippen LogP contribution in [-0.2, 0) is 9.53 Å². The molecule has 0 spiro atoms. The molecule has 4 heteroatoms. The van der Waals surface area contributed by atoms with Gasteiger partial charge in [0.05, 0.1) is 6.04 Å². The van der Waals surface area contributed by atoms with Crippen LogP contribution in [0, 0.1) is 0 Å². The van der Waals surface area contributed by atoms with Crippen LogP contribution in [0.4, 0.5) is 0 Å². The van der Waals surface area contributed by atoms with Gasteiger partial charge in [-0.25, -0.2) is 0 Å². The van der Waals surface area contributed by atoms with E-state index in [1.165, 1.54) is 0 Å². The molecule has 1 amide bonds. The summed E-state index contributed by atoms with van der Waals surface area (Å²) in [4.78, 5) is 10.6. The maximum Gasteiger partial charge on any atom is 0.234 e. The van der Waals surface area contributed by atoms with Gasteiger partial charge in [0.25, 0.3) is 0 Å². The second-order valence-corrected chi connectivity index (χ2v) is 3.40. The minimum absolute atomic E-state index is 0.245. The maximum absolute atomic E-state index is 10.6. The van der Waals surface area contributed by atoms with Crippen LogP contribution in [0.1, 0.15) is 33.1 Å².